The third kappa shape index (κ3) is 6.92. The maximum atomic E-state index is 12.7. The zero-order valence-electron chi connectivity index (χ0n) is 13.4. The first-order chi connectivity index (χ1) is 11.0. The average Bonchev–Trinajstić information content (AvgIpc) is 2.53. The SMILES string of the molecule is COOCCCCN(CCONO)S(=O)(=O)c1ccc(C)cc1. The molecule has 0 unspecified atom stereocenters. The summed E-state index contributed by atoms with van der Waals surface area (Å²) in [5.74, 6) is 0. The molecule has 0 radical (unpaired) electrons. The summed E-state index contributed by atoms with van der Waals surface area (Å²) in [7, 11) is -2.20. The minimum atomic E-state index is -3.62. The molecule has 0 atom stereocenters. The summed E-state index contributed by atoms with van der Waals surface area (Å²) in [5, 5.41) is 8.43. The van der Waals surface area contributed by atoms with Crippen molar-refractivity contribution in [3.8, 4) is 0 Å². The van der Waals surface area contributed by atoms with Gasteiger partial charge in [-0.25, -0.2) is 18.2 Å². The van der Waals surface area contributed by atoms with Crippen LogP contribution in [0.3, 0.4) is 0 Å². The molecule has 0 amide bonds. The van der Waals surface area contributed by atoms with Crippen LogP contribution in [0.5, 0.6) is 0 Å². The summed E-state index contributed by atoms with van der Waals surface area (Å²) < 4.78 is 26.7. The molecule has 9 heteroatoms. The molecule has 132 valence electrons. The Bertz CT molecular complexity index is 535. The van der Waals surface area contributed by atoms with E-state index in [-0.39, 0.29) is 18.0 Å². The van der Waals surface area contributed by atoms with Gasteiger partial charge in [0, 0.05) is 13.1 Å². The molecule has 1 rings (SSSR count). The van der Waals surface area contributed by atoms with Gasteiger partial charge in [-0.2, -0.15) is 4.31 Å². The molecule has 23 heavy (non-hydrogen) atoms. The number of rotatable bonds is 12. The molecule has 0 aliphatic heterocycles. The minimum Gasteiger partial charge on any atom is -0.292 e. The van der Waals surface area contributed by atoms with Gasteiger partial charge in [-0.3, -0.25) is 10.0 Å². The van der Waals surface area contributed by atoms with Gasteiger partial charge in [-0.1, -0.05) is 23.3 Å². The number of sulfonamides is 1. The molecule has 0 saturated carbocycles. The fourth-order valence-electron chi connectivity index (χ4n) is 1.94. The molecule has 0 saturated heterocycles. The highest BCUT2D eigenvalue weighted by molar-refractivity contribution is 7.89. The fraction of sp³-hybridized carbons (Fsp3) is 0.571. The molecule has 0 aliphatic carbocycles. The first kappa shape index (κ1) is 20.0. The van der Waals surface area contributed by atoms with Crippen molar-refractivity contribution in [2.45, 2.75) is 24.7 Å². The summed E-state index contributed by atoms with van der Waals surface area (Å²) in [6, 6.07) is 6.67. The second-order valence-electron chi connectivity index (χ2n) is 4.85. The summed E-state index contributed by atoms with van der Waals surface area (Å²) in [5.41, 5.74) is 2.53. The van der Waals surface area contributed by atoms with E-state index in [4.69, 9.17) is 10.1 Å². The van der Waals surface area contributed by atoms with Crippen LogP contribution in [0.15, 0.2) is 29.2 Å². The molecule has 0 aromatic heterocycles. The van der Waals surface area contributed by atoms with Gasteiger partial charge in [0.15, 0.2) is 0 Å². The number of unbranched alkanes of at least 4 members (excludes halogenated alkanes) is 1. The zero-order valence-corrected chi connectivity index (χ0v) is 14.2. The van der Waals surface area contributed by atoms with Crippen LogP contribution in [-0.4, -0.2) is 51.3 Å². The minimum absolute atomic E-state index is 0.0240. The van der Waals surface area contributed by atoms with E-state index in [1.165, 1.54) is 11.4 Å². The molecule has 0 fully saturated rings. The zero-order chi connectivity index (χ0) is 17.1. The highest BCUT2D eigenvalue weighted by Gasteiger charge is 2.23. The van der Waals surface area contributed by atoms with E-state index in [0.29, 0.717) is 26.0 Å². The molecule has 1 aromatic carbocycles. The Kier molecular flexibility index (Phi) is 9.26. The lowest BCUT2D eigenvalue weighted by Gasteiger charge is -2.22. The van der Waals surface area contributed by atoms with Gasteiger partial charge < -0.3 is 0 Å². The van der Waals surface area contributed by atoms with E-state index >= 15 is 0 Å². The van der Waals surface area contributed by atoms with E-state index in [1.54, 1.807) is 29.9 Å². The number of benzene rings is 1. The molecule has 0 aliphatic rings. The van der Waals surface area contributed by atoms with Gasteiger partial charge in [0.1, 0.15) is 0 Å². The Morgan fingerprint density at radius 3 is 2.43 bits per heavy atom. The highest BCUT2D eigenvalue weighted by atomic mass is 32.2. The van der Waals surface area contributed by atoms with Crippen molar-refractivity contribution in [2.24, 2.45) is 0 Å². The van der Waals surface area contributed by atoms with E-state index in [2.05, 4.69) is 9.73 Å². The van der Waals surface area contributed by atoms with Gasteiger partial charge in [-0.05, 0) is 31.9 Å². The number of nitrogens with zero attached hydrogens (tertiary/aromatic N) is 1. The molecule has 2 N–H and O–H groups in total. The number of aryl methyl sites for hydroxylation is 1. The van der Waals surface area contributed by atoms with Crippen molar-refractivity contribution in [3.63, 3.8) is 0 Å². The first-order valence-electron chi connectivity index (χ1n) is 7.25. The van der Waals surface area contributed by atoms with Crippen LogP contribution in [0.4, 0.5) is 0 Å². The van der Waals surface area contributed by atoms with Crippen LogP contribution >= 0.6 is 0 Å². The van der Waals surface area contributed by atoms with Crippen molar-refractivity contribution >= 4 is 10.0 Å². The molecule has 0 spiro atoms. The Morgan fingerprint density at radius 1 is 1.13 bits per heavy atom. The van der Waals surface area contributed by atoms with Crippen LogP contribution in [0.2, 0.25) is 0 Å². The fourth-order valence-corrected chi connectivity index (χ4v) is 3.40. The predicted molar refractivity (Wildman–Crippen MR) is 83.0 cm³/mol. The second-order valence-corrected chi connectivity index (χ2v) is 6.79. The maximum Gasteiger partial charge on any atom is 0.243 e. The third-order valence-corrected chi connectivity index (χ3v) is 5.08. The molecular formula is C14H24N2O6S. The van der Waals surface area contributed by atoms with Crippen molar-refractivity contribution in [1.29, 1.82) is 0 Å². The first-order valence-corrected chi connectivity index (χ1v) is 8.69. The summed E-state index contributed by atoms with van der Waals surface area (Å²) in [4.78, 5) is 14.1. The van der Waals surface area contributed by atoms with Gasteiger partial charge in [0.25, 0.3) is 0 Å². The molecular weight excluding hydrogens is 324 g/mol. The van der Waals surface area contributed by atoms with E-state index in [0.717, 1.165) is 5.56 Å². The van der Waals surface area contributed by atoms with E-state index in [9.17, 15) is 8.42 Å². The Morgan fingerprint density at radius 2 is 1.83 bits per heavy atom. The lowest BCUT2D eigenvalue weighted by atomic mass is 10.2. The average molecular weight is 348 g/mol. The third-order valence-electron chi connectivity index (χ3n) is 3.17. The molecule has 0 heterocycles. The lowest BCUT2D eigenvalue weighted by Crippen LogP contribution is -2.35. The van der Waals surface area contributed by atoms with E-state index < -0.39 is 10.0 Å². The van der Waals surface area contributed by atoms with Gasteiger partial charge in [0.05, 0.1) is 25.2 Å². The highest BCUT2D eigenvalue weighted by Crippen LogP contribution is 2.17. The number of nitrogens with one attached hydrogen (secondary N) is 1. The van der Waals surface area contributed by atoms with Gasteiger partial charge in [0.2, 0.25) is 10.0 Å². The van der Waals surface area contributed by atoms with Crippen LogP contribution in [-0.2, 0) is 24.6 Å². The Balaban J connectivity index is 2.73. The smallest absolute Gasteiger partial charge is 0.243 e. The van der Waals surface area contributed by atoms with Gasteiger partial charge in [-0.15, -0.1) is 0 Å². The van der Waals surface area contributed by atoms with Crippen LogP contribution in [0.25, 0.3) is 0 Å². The predicted octanol–water partition coefficient (Wildman–Crippen LogP) is 1.25. The Hall–Kier alpha value is -1.07. The standard InChI is InChI=1S/C14H24N2O6S/c1-13-5-7-14(8-6-13)23(18,19)16(10-12-21-15-17)9-3-4-11-22-20-2/h5-8,15,17H,3-4,9-12H2,1-2H3. The van der Waals surface area contributed by atoms with Crippen molar-refractivity contribution in [1.82, 2.24) is 9.95 Å². The van der Waals surface area contributed by atoms with Crippen LogP contribution < -0.4 is 5.64 Å². The normalized spacial score (nSPS) is 12.0. The number of hydrogen-bond acceptors (Lipinski definition) is 7. The topological polar surface area (TPSA) is 97.3 Å². The van der Waals surface area contributed by atoms with Crippen LogP contribution in [0.1, 0.15) is 18.4 Å². The van der Waals surface area contributed by atoms with E-state index in [1.807, 2.05) is 6.92 Å². The van der Waals surface area contributed by atoms with Crippen molar-refractivity contribution < 1.29 is 28.2 Å². The quantitative estimate of drug-likeness (QED) is 0.333. The maximum absolute atomic E-state index is 12.7. The lowest BCUT2D eigenvalue weighted by molar-refractivity contribution is -0.272. The summed E-state index contributed by atoms with van der Waals surface area (Å²) in [6.07, 6.45) is 1.27. The van der Waals surface area contributed by atoms with Crippen LogP contribution in [0, 0.1) is 6.92 Å². The summed E-state index contributed by atoms with van der Waals surface area (Å²) >= 11 is 0. The molecule has 0 bridgehead atoms. The monoisotopic (exact) mass is 348 g/mol. The number of hydrogen-bond donors (Lipinski definition) is 2. The van der Waals surface area contributed by atoms with Gasteiger partial charge >= 0.3 is 0 Å². The molecule has 1 aromatic rings. The Labute approximate surface area is 136 Å². The van der Waals surface area contributed by atoms with Crippen molar-refractivity contribution in [3.05, 3.63) is 29.8 Å². The molecule has 8 nitrogen and oxygen atoms in total. The summed E-state index contributed by atoms with van der Waals surface area (Å²) in [6.45, 7) is 2.75. The van der Waals surface area contributed by atoms with Crippen molar-refractivity contribution in [2.75, 3.05) is 33.4 Å². The second kappa shape index (κ2) is 10.7. The largest absolute Gasteiger partial charge is 0.292 e.